The van der Waals surface area contributed by atoms with Gasteiger partial charge in [0.15, 0.2) is 0 Å². The Morgan fingerprint density at radius 1 is 1.19 bits per heavy atom. The van der Waals surface area contributed by atoms with Gasteiger partial charge >= 0.3 is 0 Å². The summed E-state index contributed by atoms with van der Waals surface area (Å²) in [6, 6.07) is 6.22. The molecule has 3 nitrogen and oxygen atoms in total. The van der Waals surface area contributed by atoms with E-state index in [1.54, 1.807) is 42.0 Å². The molecular weight excluding hydrogens is 349 g/mol. The van der Waals surface area contributed by atoms with Crippen LogP contribution in [0.4, 0.5) is 4.39 Å². The average molecular weight is 371 g/mol. The first kappa shape index (κ1) is 17.3. The third-order valence-electron chi connectivity index (χ3n) is 5.71. The largest absolute Gasteiger partial charge is 0.341 e. The van der Waals surface area contributed by atoms with E-state index >= 15 is 0 Å². The number of rotatable bonds is 3. The van der Waals surface area contributed by atoms with Gasteiger partial charge in [0, 0.05) is 24.7 Å². The summed E-state index contributed by atoms with van der Waals surface area (Å²) in [5.74, 6) is -0.880. The van der Waals surface area contributed by atoms with Gasteiger partial charge in [-0.05, 0) is 36.5 Å². The first-order chi connectivity index (χ1) is 12.4. The number of halogens is 1. The zero-order valence-corrected chi connectivity index (χ0v) is 15.8. The minimum Gasteiger partial charge on any atom is -0.341 e. The molecule has 1 aromatic heterocycles. The predicted molar refractivity (Wildman–Crippen MR) is 100 cm³/mol. The monoisotopic (exact) mass is 371 g/mol. The van der Waals surface area contributed by atoms with Gasteiger partial charge in [0.05, 0.1) is 0 Å². The Labute approximate surface area is 153 Å². The molecule has 2 aliphatic carbocycles. The minimum atomic E-state index is -3.88. The molecule has 2 atom stereocenters. The van der Waals surface area contributed by atoms with Crippen LogP contribution < -0.4 is 0 Å². The number of nitrogens with zero attached hydrogens (tertiary/aromatic N) is 1. The number of allylic oxidation sites excluding steroid dienone is 3. The Bertz CT molecular complexity index is 1030. The Morgan fingerprint density at radius 3 is 2.69 bits per heavy atom. The highest BCUT2D eigenvalue weighted by Crippen LogP contribution is 2.48. The van der Waals surface area contributed by atoms with Crippen molar-refractivity contribution in [2.45, 2.75) is 36.0 Å². The van der Waals surface area contributed by atoms with E-state index in [1.165, 1.54) is 6.07 Å². The lowest BCUT2D eigenvalue weighted by atomic mass is 9.83. The molecule has 136 valence electrons. The molecule has 0 fully saturated rings. The topological polar surface area (TPSA) is 39.1 Å². The fourth-order valence-corrected chi connectivity index (χ4v) is 7.08. The van der Waals surface area contributed by atoms with Crippen molar-refractivity contribution in [3.8, 4) is 0 Å². The van der Waals surface area contributed by atoms with Crippen LogP contribution in [-0.4, -0.2) is 13.0 Å². The number of benzene rings is 1. The summed E-state index contributed by atoms with van der Waals surface area (Å²) in [7, 11) is -2.10. The number of aryl methyl sites for hydroxylation is 2. The molecule has 4 rings (SSSR count). The molecule has 2 aromatic rings. The highest BCUT2D eigenvalue weighted by molar-refractivity contribution is 7.92. The van der Waals surface area contributed by atoms with Gasteiger partial charge in [0.25, 0.3) is 0 Å². The van der Waals surface area contributed by atoms with E-state index in [2.05, 4.69) is 0 Å². The second-order valence-electron chi connectivity index (χ2n) is 7.21. The molecule has 0 bridgehead atoms. The van der Waals surface area contributed by atoms with Crippen LogP contribution in [0.3, 0.4) is 0 Å². The van der Waals surface area contributed by atoms with Crippen LogP contribution in [0.1, 0.15) is 30.0 Å². The van der Waals surface area contributed by atoms with Gasteiger partial charge in [-0.3, -0.25) is 0 Å². The van der Waals surface area contributed by atoms with Crippen molar-refractivity contribution in [1.82, 2.24) is 4.57 Å². The molecule has 5 heteroatoms. The molecule has 0 spiro atoms. The highest BCUT2D eigenvalue weighted by Gasteiger charge is 2.52. The van der Waals surface area contributed by atoms with E-state index in [1.807, 2.05) is 25.3 Å². The fraction of sp³-hybridized carbons (Fsp3) is 0.333. The van der Waals surface area contributed by atoms with Gasteiger partial charge in [0.1, 0.15) is 15.6 Å². The Balaban J connectivity index is 2.04. The maximum Gasteiger partial charge on any atom is 0.208 e. The van der Waals surface area contributed by atoms with Crippen molar-refractivity contribution in [2.24, 2.45) is 13.0 Å². The van der Waals surface area contributed by atoms with Crippen LogP contribution in [0.15, 0.2) is 59.8 Å². The fourth-order valence-electron chi connectivity index (χ4n) is 4.49. The van der Waals surface area contributed by atoms with E-state index in [4.69, 9.17) is 0 Å². The van der Waals surface area contributed by atoms with E-state index in [9.17, 15) is 12.8 Å². The number of hydrogen-bond donors (Lipinski definition) is 0. The summed E-state index contributed by atoms with van der Waals surface area (Å²) in [6.45, 7) is 1.84. The van der Waals surface area contributed by atoms with Gasteiger partial charge in [0.2, 0.25) is 9.84 Å². The van der Waals surface area contributed by atoms with Crippen molar-refractivity contribution in [1.29, 1.82) is 0 Å². The molecule has 26 heavy (non-hydrogen) atoms. The van der Waals surface area contributed by atoms with Crippen molar-refractivity contribution in [2.75, 3.05) is 0 Å². The number of sulfone groups is 1. The Hall–Kier alpha value is -2.14. The summed E-state index contributed by atoms with van der Waals surface area (Å²) < 4.78 is 43.2. The van der Waals surface area contributed by atoms with Gasteiger partial charge in [-0.25, -0.2) is 12.8 Å². The third kappa shape index (κ3) is 2.19. The number of aromatic nitrogens is 1. The molecule has 0 saturated heterocycles. The van der Waals surface area contributed by atoms with Crippen molar-refractivity contribution < 1.29 is 12.8 Å². The summed E-state index contributed by atoms with van der Waals surface area (Å²) in [4.78, 5) is 0. The molecule has 0 aliphatic heterocycles. The van der Waals surface area contributed by atoms with Crippen LogP contribution in [-0.2, 0) is 34.5 Å². The van der Waals surface area contributed by atoms with Gasteiger partial charge in [-0.2, -0.15) is 0 Å². The Kier molecular flexibility index (Phi) is 3.95. The van der Waals surface area contributed by atoms with Gasteiger partial charge < -0.3 is 4.57 Å². The molecule has 1 aromatic carbocycles. The first-order valence-corrected chi connectivity index (χ1v) is 10.4. The second kappa shape index (κ2) is 5.95. The standard InChI is InChI=1S/C21H22FNO2S/c1-15-8-5-6-13-21(15,18-11-3-4-12-19(18)22)26(24,25)20-17-10-7-9-16(17)14-23(20)2/h3-6,8,11-15H,7,9-10H2,1-2H3. The lowest BCUT2D eigenvalue weighted by Gasteiger charge is -2.37. The Morgan fingerprint density at radius 2 is 1.96 bits per heavy atom. The summed E-state index contributed by atoms with van der Waals surface area (Å²) in [5.41, 5.74) is 2.21. The van der Waals surface area contributed by atoms with Crippen LogP contribution in [0.25, 0.3) is 0 Å². The van der Waals surface area contributed by atoms with Crippen LogP contribution in [0.5, 0.6) is 0 Å². The van der Waals surface area contributed by atoms with Crippen LogP contribution in [0, 0.1) is 11.7 Å². The normalized spacial score (nSPS) is 24.8. The SMILES string of the molecule is CC1C=CC=CC1(c1ccccc1F)S(=O)(=O)c1c2c(cn1C)CCC2. The zero-order valence-electron chi connectivity index (χ0n) is 14.9. The van der Waals surface area contributed by atoms with Crippen LogP contribution >= 0.6 is 0 Å². The quantitative estimate of drug-likeness (QED) is 0.815. The van der Waals surface area contributed by atoms with Gasteiger partial charge in [-0.1, -0.05) is 49.4 Å². The predicted octanol–water partition coefficient (Wildman–Crippen LogP) is 4.08. The van der Waals surface area contributed by atoms with Crippen LogP contribution in [0.2, 0.25) is 0 Å². The van der Waals surface area contributed by atoms with E-state index in [-0.39, 0.29) is 11.5 Å². The number of hydrogen-bond acceptors (Lipinski definition) is 2. The molecule has 2 aliphatic rings. The lowest BCUT2D eigenvalue weighted by Crippen LogP contribution is -2.42. The average Bonchev–Trinajstić information content (AvgIpc) is 3.15. The highest BCUT2D eigenvalue weighted by atomic mass is 32.2. The molecule has 1 heterocycles. The molecular formula is C21H22FNO2S. The van der Waals surface area contributed by atoms with Crippen molar-refractivity contribution in [3.05, 3.63) is 77.3 Å². The van der Waals surface area contributed by atoms with Crippen molar-refractivity contribution in [3.63, 3.8) is 0 Å². The second-order valence-corrected chi connectivity index (χ2v) is 9.28. The van der Waals surface area contributed by atoms with Crippen molar-refractivity contribution >= 4 is 9.84 Å². The molecule has 0 saturated carbocycles. The molecule has 0 radical (unpaired) electrons. The smallest absolute Gasteiger partial charge is 0.208 e. The maximum absolute atomic E-state index is 14.8. The van der Waals surface area contributed by atoms with E-state index in [0.29, 0.717) is 5.03 Å². The maximum atomic E-state index is 14.8. The third-order valence-corrected chi connectivity index (χ3v) is 8.37. The minimum absolute atomic E-state index is 0.209. The lowest BCUT2D eigenvalue weighted by molar-refractivity contribution is 0.475. The van der Waals surface area contributed by atoms with E-state index in [0.717, 1.165) is 30.4 Å². The summed E-state index contributed by atoms with van der Waals surface area (Å²) in [6.07, 6.45) is 11.6. The van der Waals surface area contributed by atoms with Gasteiger partial charge in [-0.15, -0.1) is 0 Å². The summed E-state index contributed by atoms with van der Waals surface area (Å²) >= 11 is 0. The number of fused-ring (bicyclic) bond motifs is 1. The van der Waals surface area contributed by atoms with E-state index < -0.39 is 20.4 Å². The molecule has 2 unspecified atom stereocenters. The molecule has 0 amide bonds. The first-order valence-electron chi connectivity index (χ1n) is 8.92. The molecule has 0 N–H and O–H groups in total. The zero-order chi connectivity index (χ0) is 18.5. The summed E-state index contributed by atoms with van der Waals surface area (Å²) in [5, 5.41) is 0.333.